The molecule has 7 nitrogen and oxygen atoms in total. The zero-order chi connectivity index (χ0) is 19.7. The van der Waals surface area contributed by atoms with Gasteiger partial charge in [0, 0.05) is 29.9 Å². The first kappa shape index (κ1) is 18.1. The van der Waals surface area contributed by atoms with E-state index in [9.17, 15) is 9.59 Å². The number of thiazole rings is 1. The summed E-state index contributed by atoms with van der Waals surface area (Å²) in [5.74, 6) is 0.326. The van der Waals surface area contributed by atoms with Crippen molar-refractivity contribution in [3.05, 3.63) is 53.2 Å². The monoisotopic (exact) mass is 394 g/mol. The van der Waals surface area contributed by atoms with Crippen molar-refractivity contribution in [3.8, 4) is 17.0 Å². The fourth-order valence-corrected chi connectivity index (χ4v) is 3.87. The van der Waals surface area contributed by atoms with Gasteiger partial charge in [-0.3, -0.25) is 19.9 Å². The predicted octanol–water partition coefficient (Wildman–Crippen LogP) is 3.38. The Bertz CT molecular complexity index is 1050. The third-order valence-electron chi connectivity index (χ3n) is 4.48. The number of aromatic nitrogens is 2. The summed E-state index contributed by atoms with van der Waals surface area (Å²) in [5, 5.41) is 3.37. The molecule has 2 aromatic heterocycles. The van der Waals surface area contributed by atoms with Gasteiger partial charge in [0.1, 0.15) is 5.75 Å². The van der Waals surface area contributed by atoms with Crippen LogP contribution >= 0.6 is 11.3 Å². The fourth-order valence-electron chi connectivity index (χ4n) is 2.96. The summed E-state index contributed by atoms with van der Waals surface area (Å²) in [7, 11) is 1.73. The van der Waals surface area contributed by atoms with Gasteiger partial charge < -0.3 is 9.64 Å². The van der Waals surface area contributed by atoms with E-state index in [1.807, 2.05) is 25.1 Å². The van der Waals surface area contributed by atoms with E-state index in [0.29, 0.717) is 22.1 Å². The van der Waals surface area contributed by atoms with Crippen LogP contribution in [-0.2, 0) is 11.2 Å². The molecular weight excluding hydrogens is 376 g/mol. The Labute approximate surface area is 166 Å². The number of amides is 2. The number of hydrogen-bond donors (Lipinski definition) is 1. The summed E-state index contributed by atoms with van der Waals surface area (Å²) in [6.07, 6.45) is 3.91. The van der Waals surface area contributed by atoms with Crippen LogP contribution in [0, 0.1) is 0 Å². The van der Waals surface area contributed by atoms with Crippen LogP contribution in [0.2, 0.25) is 0 Å². The number of pyridine rings is 1. The maximum atomic E-state index is 12.4. The molecule has 2 amide bonds. The number of hydrogen-bond acceptors (Lipinski definition) is 6. The van der Waals surface area contributed by atoms with E-state index >= 15 is 0 Å². The molecule has 0 fully saturated rings. The highest BCUT2D eigenvalue weighted by Crippen LogP contribution is 2.38. The Morgan fingerprint density at radius 2 is 2.21 bits per heavy atom. The number of aryl methyl sites for hydroxylation is 1. The van der Waals surface area contributed by atoms with Crippen LogP contribution in [-0.4, -0.2) is 35.4 Å². The topological polar surface area (TPSA) is 84.4 Å². The van der Waals surface area contributed by atoms with E-state index in [4.69, 9.17) is 4.74 Å². The summed E-state index contributed by atoms with van der Waals surface area (Å²) >= 11 is 1.44. The van der Waals surface area contributed by atoms with E-state index in [0.717, 1.165) is 22.6 Å². The van der Waals surface area contributed by atoms with Crippen LogP contribution < -0.4 is 15.0 Å². The number of fused-ring (bicyclic) bond motifs is 1. The van der Waals surface area contributed by atoms with E-state index in [1.165, 1.54) is 17.5 Å². The van der Waals surface area contributed by atoms with Crippen LogP contribution in [0.15, 0.2) is 42.7 Å². The molecule has 0 radical (unpaired) electrons. The van der Waals surface area contributed by atoms with Gasteiger partial charge >= 0.3 is 0 Å². The Hall–Kier alpha value is -3.26. The number of ether oxygens (including phenoxy) is 1. The normalized spacial score (nSPS) is 13.1. The first-order valence-electron chi connectivity index (χ1n) is 8.81. The molecule has 0 unspecified atom stereocenters. The molecule has 0 saturated carbocycles. The predicted molar refractivity (Wildman–Crippen MR) is 108 cm³/mol. The first-order chi connectivity index (χ1) is 13.6. The van der Waals surface area contributed by atoms with Crippen molar-refractivity contribution >= 4 is 34.0 Å². The number of anilines is 2. The zero-order valence-electron chi connectivity index (χ0n) is 15.4. The lowest BCUT2D eigenvalue weighted by Gasteiger charge is -2.26. The molecule has 142 valence electrons. The number of benzene rings is 1. The molecule has 0 saturated heterocycles. The lowest BCUT2D eigenvalue weighted by atomic mass is 10.1. The van der Waals surface area contributed by atoms with Crippen molar-refractivity contribution in [3.63, 3.8) is 0 Å². The van der Waals surface area contributed by atoms with Crippen LogP contribution in [0.3, 0.4) is 0 Å². The first-order valence-corrected chi connectivity index (χ1v) is 9.63. The van der Waals surface area contributed by atoms with Gasteiger partial charge in [-0.15, -0.1) is 11.3 Å². The Morgan fingerprint density at radius 3 is 2.96 bits per heavy atom. The van der Waals surface area contributed by atoms with Crippen LogP contribution in [0.1, 0.15) is 22.2 Å². The molecule has 1 aromatic carbocycles. The average Bonchev–Trinajstić information content (AvgIpc) is 3.14. The number of nitrogens with one attached hydrogen (secondary N) is 1. The summed E-state index contributed by atoms with van der Waals surface area (Å²) in [6.45, 7) is 2.09. The van der Waals surface area contributed by atoms with Crippen molar-refractivity contribution in [2.75, 3.05) is 23.9 Å². The second-order valence-electron chi connectivity index (χ2n) is 6.26. The zero-order valence-corrected chi connectivity index (χ0v) is 16.2. The van der Waals surface area contributed by atoms with Gasteiger partial charge in [0.05, 0.1) is 16.9 Å². The minimum absolute atomic E-state index is 0.0459. The molecule has 0 bridgehead atoms. The van der Waals surface area contributed by atoms with Crippen molar-refractivity contribution in [1.29, 1.82) is 0 Å². The Kier molecular flexibility index (Phi) is 4.79. The molecule has 1 aliphatic rings. The number of carbonyl (C=O) groups is 2. The lowest BCUT2D eigenvalue weighted by Crippen LogP contribution is -2.35. The fraction of sp³-hybridized carbons (Fsp3) is 0.200. The highest BCUT2D eigenvalue weighted by atomic mass is 32.1. The second-order valence-corrected chi connectivity index (χ2v) is 7.35. The van der Waals surface area contributed by atoms with Gasteiger partial charge in [-0.2, -0.15) is 0 Å². The quantitative estimate of drug-likeness (QED) is 0.733. The van der Waals surface area contributed by atoms with Gasteiger partial charge in [-0.1, -0.05) is 6.92 Å². The van der Waals surface area contributed by atoms with Crippen molar-refractivity contribution in [2.45, 2.75) is 13.3 Å². The molecule has 1 N–H and O–H groups in total. The maximum Gasteiger partial charge on any atom is 0.264 e. The number of carbonyl (C=O) groups excluding carboxylic acids is 2. The van der Waals surface area contributed by atoms with Crippen LogP contribution in [0.25, 0.3) is 11.3 Å². The molecule has 28 heavy (non-hydrogen) atoms. The Balaban J connectivity index is 1.66. The van der Waals surface area contributed by atoms with Crippen LogP contribution in [0.4, 0.5) is 10.8 Å². The summed E-state index contributed by atoms with van der Waals surface area (Å²) in [6, 6.07) is 9.08. The number of rotatable bonds is 4. The Morgan fingerprint density at radius 1 is 1.36 bits per heavy atom. The van der Waals surface area contributed by atoms with Crippen molar-refractivity contribution < 1.29 is 14.3 Å². The smallest absolute Gasteiger partial charge is 0.264 e. The number of likely N-dealkylation sites (N-methyl/N-ethyl adjacent to an activating group) is 1. The molecule has 0 spiro atoms. The van der Waals surface area contributed by atoms with E-state index in [1.54, 1.807) is 30.3 Å². The van der Waals surface area contributed by atoms with Gasteiger partial charge in [-0.25, -0.2) is 4.98 Å². The minimum atomic E-state index is -0.250. The molecular formula is C20H18N4O3S. The standard InChI is InChI=1S/C20H18N4O3S/c1-3-16-18(12-6-7-15-14(9-12)24(2)17(25)11-27-15)22-20(28-16)23-19(26)13-5-4-8-21-10-13/h4-10H,3,11H2,1-2H3,(H,22,23,26). The highest BCUT2D eigenvalue weighted by molar-refractivity contribution is 7.16. The molecule has 1 aliphatic heterocycles. The average molecular weight is 394 g/mol. The largest absolute Gasteiger partial charge is 0.482 e. The number of nitrogens with zero attached hydrogens (tertiary/aromatic N) is 3. The molecule has 8 heteroatoms. The van der Waals surface area contributed by atoms with E-state index in [2.05, 4.69) is 15.3 Å². The van der Waals surface area contributed by atoms with Gasteiger partial charge in [0.2, 0.25) is 0 Å². The van der Waals surface area contributed by atoms with Crippen molar-refractivity contribution in [2.24, 2.45) is 0 Å². The summed E-state index contributed by atoms with van der Waals surface area (Å²) < 4.78 is 5.49. The maximum absolute atomic E-state index is 12.4. The van der Waals surface area contributed by atoms with Gasteiger partial charge in [0.25, 0.3) is 11.8 Å². The molecule has 4 rings (SSSR count). The van der Waals surface area contributed by atoms with Gasteiger partial charge in [-0.05, 0) is 36.8 Å². The molecule has 0 aliphatic carbocycles. The van der Waals surface area contributed by atoms with E-state index in [-0.39, 0.29) is 18.4 Å². The molecule has 3 heterocycles. The van der Waals surface area contributed by atoms with E-state index < -0.39 is 0 Å². The SMILES string of the molecule is CCc1sc(NC(=O)c2cccnc2)nc1-c1ccc2c(c1)N(C)C(=O)CO2. The lowest BCUT2D eigenvalue weighted by molar-refractivity contribution is -0.120. The third-order valence-corrected chi connectivity index (χ3v) is 5.60. The molecule has 3 aromatic rings. The summed E-state index contributed by atoms with van der Waals surface area (Å²) in [4.78, 5) is 35.5. The molecule has 0 atom stereocenters. The second kappa shape index (κ2) is 7.40. The third kappa shape index (κ3) is 3.34. The van der Waals surface area contributed by atoms with Gasteiger partial charge in [0.15, 0.2) is 11.7 Å². The van der Waals surface area contributed by atoms with Crippen LogP contribution in [0.5, 0.6) is 5.75 Å². The minimum Gasteiger partial charge on any atom is -0.482 e. The van der Waals surface area contributed by atoms with Crippen molar-refractivity contribution in [1.82, 2.24) is 9.97 Å². The highest BCUT2D eigenvalue weighted by Gasteiger charge is 2.24. The summed E-state index contributed by atoms with van der Waals surface area (Å²) in [5.41, 5.74) is 2.86.